The first kappa shape index (κ1) is 43.7. The Morgan fingerprint density at radius 1 is 0.741 bits per heavy atom. The molecule has 2 aromatic rings. The summed E-state index contributed by atoms with van der Waals surface area (Å²) in [7, 11) is 0. The van der Waals surface area contributed by atoms with Crippen LogP contribution in [0.5, 0.6) is 0 Å². The van der Waals surface area contributed by atoms with Crippen molar-refractivity contribution in [3.8, 4) is 168 Å². The first-order valence-electron chi connectivity index (χ1n) is 17.1. The van der Waals surface area contributed by atoms with E-state index in [9.17, 15) is 22.8 Å². The molecule has 1 aromatic heterocycles. The van der Waals surface area contributed by atoms with Crippen molar-refractivity contribution in [2.45, 2.75) is 62.7 Å². The van der Waals surface area contributed by atoms with Crippen molar-refractivity contribution in [3.05, 3.63) is 51.7 Å². The Hall–Kier alpha value is -8.74. The van der Waals surface area contributed by atoms with Crippen LogP contribution in [0, 0.1) is 179 Å². The average Bonchev–Trinajstić information content (AvgIpc) is 3.75. The monoisotopic (exact) mass is 760 g/mol. The molecule has 1 saturated carbocycles. The summed E-state index contributed by atoms with van der Waals surface area (Å²) in [6, 6.07) is 2.85. The van der Waals surface area contributed by atoms with Gasteiger partial charge in [0.2, 0.25) is 5.91 Å². The minimum Gasteiger partial charge on any atom is -0.338 e. The fourth-order valence-corrected chi connectivity index (χ4v) is 5.56. The van der Waals surface area contributed by atoms with Crippen LogP contribution in [0.3, 0.4) is 0 Å². The molecule has 2 aliphatic heterocycles. The molecule has 276 valence electrons. The zero-order valence-electron chi connectivity index (χ0n) is 30.8. The van der Waals surface area contributed by atoms with Crippen LogP contribution in [0.2, 0.25) is 0 Å². The molecule has 58 heavy (non-hydrogen) atoms. The van der Waals surface area contributed by atoms with Gasteiger partial charge >= 0.3 is 5.69 Å². The van der Waals surface area contributed by atoms with Crippen molar-refractivity contribution >= 4 is 5.91 Å². The second kappa shape index (κ2) is 23.8. The summed E-state index contributed by atoms with van der Waals surface area (Å²) >= 11 is 0. The Bertz CT molecular complexity index is 2730. The van der Waals surface area contributed by atoms with E-state index < -0.39 is 35.0 Å². The van der Waals surface area contributed by atoms with Crippen molar-refractivity contribution in [1.82, 2.24) is 19.2 Å². The summed E-state index contributed by atoms with van der Waals surface area (Å²) in [5.41, 5.74) is -0.588. The Labute approximate surface area is 337 Å². The third-order valence-electron chi connectivity index (χ3n) is 8.12. The fourth-order valence-electron chi connectivity index (χ4n) is 5.56. The average molecular weight is 761 g/mol. The van der Waals surface area contributed by atoms with Crippen LogP contribution < -0.4 is 5.69 Å². The molecule has 2 atom stereocenters. The van der Waals surface area contributed by atoms with Gasteiger partial charge in [0.05, 0.1) is 13.1 Å². The summed E-state index contributed by atoms with van der Waals surface area (Å²) in [4.78, 5) is 27.6. The largest absolute Gasteiger partial charge is 0.346 e. The molecule has 2 fully saturated rings. The zero-order valence-corrected chi connectivity index (χ0v) is 30.8. The number of hydrogen-bond donors (Lipinski definition) is 0. The molecule has 6 nitrogen and oxygen atoms in total. The second-order valence-corrected chi connectivity index (χ2v) is 11.7. The second-order valence-electron chi connectivity index (χ2n) is 11.7. The number of hydrogen-bond acceptors (Lipinski definition) is 3. The number of aryl methyl sites for hydroxylation is 1. The number of terminal acetylenes is 3. The lowest BCUT2D eigenvalue weighted by Crippen LogP contribution is -2.42. The van der Waals surface area contributed by atoms with Gasteiger partial charge in [-0.1, -0.05) is 6.07 Å². The van der Waals surface area contributed by atoms with Gasteiger partial charge in [-0.3, -0.25) is 9.36 Å². The van der Waals surface area contributed by atoms with E-state index in [1.54, 1.807) is 0 Å². The Morgan fingerprint density at radius 3 is 1.60 bits per heavy atom. The lowest BCUT2D eigenvalue weighted by atomic mass is 9.95. The summed E-state index contributed by atoms with van der Waals surface area (Å²) in [5, 5.41) is 4.45. The minimum atomic E-state index is -1.02. The number of amides is 1. The summed E-state index contributed by atoms with van der Waals surface area (Å²) in [6.45, 7) is 0.619. The number of aromatic nitrogens is 3. The van der Waals surface area contributed by atoms with E-state index in [2.05, 4.69) is 160 Å². The maximum Gasteiger partial charge on any atom is 0.346 e. The third-order valence-corrected chi connectivity index (χ3v) is 8.12. The standard InChI is InChI=1S/C26H2.C21H23F3N4O2.C2H2/c1-3-5-7-9-11-13-15-17-19-21-23-25-26-24-22-20-18-16-14-12-10-8-6-4-2;22-13-4-5-15(16(24)10-13)21(7-8-21)12-27-20(30)28-17(2-1-3-18(28)25-27)19(29)26-9-6-14(23)11-26;1-2/h1-2H;4-5,10,14,17H,1-3,6-9,11-12H2;1-2H/t;14-,17-;/m.0./s1. The number of rotatable bonds is 4. The van der Waals surface area contributed by atoms with Gasteiger partial charge in [-0.2, -0.15) is 5.10 Å². The molecular weight excluding hydrogens is 734 g/mol. The van der Waals surface area contributed by atoms with Gasteiger partial charge in [0.1, 0.15) is 29.7 Å². The lowest BCUT2D eigenvalue weighted by Gasteiger charge is -2.27. The summed E-state index contributed by atoms with van der Waals surface area (Å²) in [5.74, 6) is 57.2. The molecule has 1 amide bonds. The molecule has 3 aliphatic rings. The van der Waals surface area contributed by atoms with Crippen LogP contribution in [0.25, 0.3) is 0 Å². The van der Waals surface area contributed by atoms with Crippen LogP contribution in [-0.4, -0.2) is 44.4 Å². The topological polar surface area (TPSA) is 60.1 Å². The molecule has 0 bridgehead atoms. The van der Waals surface area contributed by atoms with Crippen molar-refractivity contribution in [2.75, 3.05) is 13.1 Å². The smallest absolute Gasteiger partial charge is 0.338 e. The van der Waals surface area contributed by atoms with Crippen LogP contribution in [0.4, 0.5) is 13.2 Å². The quantitative estimate of drug-likeness (QED) is 0.451. The third kappa shape index (κ3) is 13.6. The number of benzene rings is 1. The van der Waals surface area contributed by atoms with E-state index >= 15 is 0 Å². The van der Waals surface area contributed by atoms with E-state index in [-0.39, 0.29) is 19.0 Å². The SMILES string of the molecule is C#C.C#CC#CC#CC#CC#CC#CC#CC#CC#CC#CC#CC#CC#C.O=C([C@@H]1CCCc2nn(CC3(c4ccc(F)cc4F)CC3)c(=O)n21)N1CC[C@H](F)C1. The van der Waals surface area contributed by atoms with Gasteiger partial charge < -0.3 is 4.90 Å². The number of carbonyl (C=O) groups excluding carboxylic acids is 1. The number of halogens is 3. The van der Waals surface area contributed by atoms with Crippen LogP contribution in [0.15, 0.2) is 23.0 Å². The normalized spacial score (nSPS) is 14.5. The maximum atomic E-state index is 14.4. The minimum absolute atomic E-state index is 0.0699. The first-order valence-corrected chi connectivity index (χ1v) is 17.1. The molecule has 0 unspecified atom stereocenters. The summed E-state index contributed by atoms with van der Waals surface area (Å²) in [6.07, 6.45) is 20.3. The van der Waals surface area contributed by atoms with Gasteiger partial charge in [-0.05, 0) is 138 Å². The Morgan fingerprint density at radius 2 is 1.21 bits per heavy atom. The predicted molar refractivity (Wildman–Crippen MR) is 215 cm³/mol. The van der Waals surface area contributed by atoms with Gasteiger partial charge in [0.15, 0.2) is 0 Å². The van der Waals surface area contributed by atoms with Gasteiger partial charge in [0.25, 0.3) is 0 Å². The molecule has 0 spiro atoms. The van der Waals surface area contributed by atoms with Crippen LogP contribution >= 0.6 is 0 Å². The Kier molecular flexibility index (Phi) is 17.9. The van der Waals surface area contributed by atoms with Crippen molar-refractivity contribution < 1.29 is 18.0 Å². The molecule has 0 radical (unpaired) electrons. The number of fused-ring (bicyclic) bond motifs is 1. The molecular formula is C49H27F3N4O2. The van der Waals surface area contributed by atoms with Crippen LogP contribution in [0.1, 0.15) is 49.5 Å². The van der Waals surface area contributed by atoms with E-state index in [1.165, 1.54) is 26.3 Å². The molecule has 3 heterocycles. The molecule has 9 heteroatoms. The molecule has 5 rings (SSSR count). The number of likely N-dealkylation sites (tertiary alicyclic amines) is 1. The van der Waals surface area contributed by atoms with E-state index in [0.29, 0.717) is 50.0 Å². The number of nitrogens with zero attached hydrogens (tertiary/aromatic N) is 4. The zero-order chi connectivity index (χ0) is 42.0. The molecule has 1 saturated heterocycles. The molecule has 1 aromatic carbocycles. The van der Waals surface area contributed by atoms with E-state index in [1.807, 2.05) is 0 Å². The summed E-state index contributed by atoms with van der Waals surface area (Å²) < 4.78 is 44.0. The molecule has 1 aliphatic carbocycles. The van der Waals surface area contributed by atoms with Crippen LogP contribution in [-0.2, 0) is 23.2 Å². The van der Waals surface area contributed by atoms with Crippen molar-refractivity contribution in [2.24, 2.45) is 0 Å². The maximum absolute atomic E-state index is 14.4. The fraction of sp³-hybridized carbons (Fsp3) is 0.245. The van der Waals surface area contributed by atoms with Crippen molar-refractivity contribution in [1.29, 1.82) is 0 Å². The first-order chi connectivity index (χ1) is 28.3. The Balaban J connectivity index is 0.000000302. The highest BCUT2D eigenvalue weighted by Crippen LogP contribution is 2.50. The lowest BCUT2D eigenvalue weighted by molar-refractivity contribution is -0.134. The van der Waals surface area contributed by atoms with Gasteiger partial charge in [-0.25, -0.2) is 22.6 Å². The number of carbonyl (C=O) groups is 1. The van der Waals surface area contributed by atoms with Crippen molar-refractivity contribution in [3.63, 3.8) is 0 Å². The highest BCUT2D eigenvalue weighted by Gasteiger charge is 2.47. The van der Waals surface area contributed by atoms with E-state index in [0.717, 1.165) is 12.5 Å². The molecule has 0 N–H and O–H groups in total. The highest BCUT2D eigenvalue weighted by atomic mass is 19.1. The van der Waals surface area contributed by atoms with E-state index in [4.69, 9.17) is 12.8 Å². The predicted octanol–water partition coefficient (Wildman–Crippen LogP) is 3.04. The van der Waals surface area contributed by atoms with Gasteiger partial charge in [-0.15, -0.1) is 25.7 Å². The van der Waals surface area contributed by atoms with Gasteiger partial charge in [0, 0.05) is 71.8 Å². The number of alkyl halides is 1. The highest BCUT2D eigenvalue weighted by molar-refractivity contribution is 5.81.